The number of likely N-dealkylation sites (tertiary alicyclic amines) is 1. The number of carbonyl (C=O) groups is 2. The first-order valence-electron chi connectivity index (χ1n) is 6.18. The molecule has 1 aliphatic heterocycles. The Hall–Kier alpha value is -2.11. The SMILES string of the molecule is CC(C(=O)O)C1CN(C(=O)Cc2ccc(N)cn2)C1. The first kappa shape index (κ1) is 13.3. The molecule has 1 aromatic heterocycles. The second-order valence-electron chi connectivity index (χ2n) is 4.95. The fourth-order valence-electron chi connectivity index (χ4n) is 2.04. The van der Waals surface area contributed by atoms with Crippen LogP contribution in [-0.4, -0.2) is 40.0 Å². The Kier molecular flexibility index (Phi) is 3.69. The van der Waals surface area contributed by atoms with E-state index in [2.05, 4.69) is 4.98 Å². The van der Waals surface area contributed by atoms with Crippen LogP contribution in [0.1, 0.15) is 12.6 Å². The predicted octanol–water partition coefficient (Wildman–Crippen LogP) is 0.385. The van der Waals surface area contributed by atoms with Crippen molar-refractivity contribution >= 4 is 17.6 Å². The number of nitrogen functional groups attached to an aromatic ring is 1. The molecule has 1 saturated heterocycles. The quantitative estimate of drug-likeness (QED) is 0.819. The number of carbonyl (C=O) groups excluding carboxylic acids is 1. The fraction of sp³-hybridized carbons (Fsp3) is 0.462. The Morgan fingerprint density at radius 2 is 2.21 bits per heavy atom. The number of nitrogens with two attached hydrogens (primary N) is 1. The van der Waals surface area contributed by atoms with E-state index in [1.165, 1.54) is 6.20 Å². The highest BCUT2D eigenvalue weighted by atomic mass is 16.4. The van der Waals surface area contributed by atoms with Gasteiger partial charge in [0.15, 0.2) is 0 Å². The maximum absolute atomic E-state index is 11.9. The molecule has 0 aliphatic carbocycles. The zero-order valence-corrected chi connectivity index (χ0v) is 10.7. The molecule has 19 heavy (non-hydrogen) atoms. The zero-order chi connectivity index (χ0) is 14.0. The van der Waals surface area contributed by atoms with Gasteiger partial charge in [0.2, 0.25) is 5.91 Å². The molecule has 102 valence electrons. The molecule has 3 N–H and O–H groups in total. The van der Waals surface area contributed by atoms with E-state index in [0.29, 0.717) is 24.5 Å². The Bertz CT molecular complexity index is 480. The summed E-state index contributed by atoms with van der Waals surface area (Å²) in [6, 6.07) is 3.44. The summed E-state index contributed by atoms with van der Waals surface area (Å²) in [6.07, 6.45) is 1.75. The van der Waals surface area contributed by atoms with E-state index in [9.17, 15) is 9.59 Å². The number of aromatic nitrogens is 1. The van der Waals surface area contributed by atoms with Crippen LogP contribution in [-0.2, 0) is 16.0 Å². The maximum atomic E-state index is 11.9. The summed E-state index contributed by atoms with van der Waals surface area (Å²) in [5, 5.41) is 8.88. The summed E-state index contributed by atoms with van der Waals surface area (Å²) in [5.41, 5.74) is 6.76. The number of carboxylic acid groups (broad SMARTS) is 1. The van der Waals surface area contributed by atoms with E-state index >= 15 is 0 Å². The van der Waals surface area contributed by atoms with Crippen molar-refractivity contribution in [1.29, 1.82) is 0 Å². The molecule has 2 heterocycles. The number of rotatable bonds is 4. The van der Waals surface area contributed by atoms with E-state index < -0.39 is 11.9 Å². The standard InChI is InChI=1S/C13H17N3O3/c1-8(13(18)19)9-6-16(7-9)12(17)4-11-3-2-10(14)5-15-11/h2-3,5,8-9H,4,6-7,14H2,1H3,(H,18,19). The Labute approximate surface area is 111 Å². The van der Waals surface area contributed by atoms with Crippen molar-refractivity contribution in [2.45, 2.75) is 13.3 Å². The molecular formula is C13H17N3O3. The van der Waals surface area contributed by atoms with Gasteiger partial charge in [-0.05, 0) is 12.1 Å². The maximum Gasteiger partial charge on any atom is 0.306 e. The highest BCUT2D eigenvalue weighted by Gasteiger charge is 2.36. The molecule has 2 rings (SSSR count). The van der Waals surface area contributed by atoms with Crippen LogP contribution in [0.25, 0.3) is 0 Å². The number of amides is 1. The first-order chi connectivity index (χ1) is 8.97. The van der Waals surface area contributed by atoms with Gasteiger partial charge in [0.1, 0.15) is 0 Å². The van der Waals surface area contributed by atoms with Crippen molar-refractivity contribution in [1.82, 2.24) is 9.88 Å². The third-order valence-electron chi connectivity index (χ3n) is 3.54. The number of carboxylic acids is 1. The minimum atomic E-state index is -0.808. The van der Waals surface area contributed by atoms with E-state index in [1.54, 1.807) is 24.0 Å². The average molecular weight is 263 g/mol. The summed E-state index contributed by atoms with van der Waals surface area (Å²) < 4.78 is 0. The molecule has 1 unspecified atom stereocenters. The van der Waals surface area contributed by atoms with Crippen LogP contribution in [0.2, 0.25) is 0 Å². The molecule has 1 atom stereocenters. The summed E-state index contributed by atoms with van der Waals surface area (Å²) in [4.78, 5) is 28.5. The van der Waals surface area contributed by atoms with Gasteiger partial charge in [0.05, 0.1) is 24.2 Å². The van der Waals surface area contributed by atoms with Crippen LogP contribution in [0.5, 0.6) is 0 Å². The van der Waals surface area contributed by atoms with Crippen molar-refractivity contribution in [2.24, 2.45) is 11.8 Å². The lowest BCUT2D eigenvalue weighted by Gasteiger charge is -2.41. The molecule has 0 saturated carbocycles. The molecule has 6 heteroatoms. The van der Waals surface area contributed by atoms with E-state index in [-0.39, 0.29) is 18.2 Å². The van der Waals surface area contributed by atoms with Gasteiger partial charge in [-0.15, -0.1) is 0 Å². The minimum Gasteiger partial charge on any atom is -0.481 e. The van der Waals surface area contributed by atoms with Crippen LogP contribution < -0.4 is 5.73 Å². The van der Waals surface area contributed by atoms with Gasteiger partial charge in [-0.1, -0.05) is 6.92 Å². The molecule has 0 spiro atoms. The Morgan fingerprint density at radius 3 is 2.74 bits per heavy atom. The molecule has 1 fully saturated rings. The minimum absolute atomic E-state index is 0.0221. The van der Waals surface area contributed by atoms with Gasteiger partial charge in [-0.3, -0.25) is 14.6 Å². The monoisotopic (exact) mass is 263 g/mol. The van der Waals surface area contributed by atoms with Gasteiger partial charge in [-0.25, -0.2) is 0 Å². The van der Waals surface area contributed by atoms with Crippen LogP contribution in [0.3, 0.4) is 0 Å². The van der Waals surface area contributed by atoms with Crippen molar-refractivity contribution in [3.05, 3.63) is 24.0 Å². The van der Waals surface area contributed by atoms with Crippen LogP contribution in [0.4, 0.5) is 5.69 Å². The Balaban J connectivity index is 1.83. The molecule has 6 nitrogen and oxygen atoms in total. The first-order valence-corrected chi connectivity index (χ1v) is 6.18. The molecule has 1 aromatic rings. The van der Waals surface area contributed by atoms with Crippen molar-refractivity contribution < 1.29 is 14.7 Å². The number of anilines is 1. The van der Waals surface area contributed by atoms with Crippen molar-refractivity contribution in [2.75, 3.05) is 18.8 Å². The predicted molar refractivity (Wildman–Crippen MR) is 69.2 cm³/mol. The van der Waals surface area contributed by atoms with Crippen molar-refractivity contribution in [3.8, 4) is 0 Å². The lowest BCUT2D eigenvalue weighted by molar-refractivity contribution is -0.150. The molecule has 1 amide bonds. The van der Waals surface area contributed by atoms with Gasteiger partial charge in [0, 0.05) is 24.7 Å². The number of hydrogen-bond acceptors (Lipinski definition) is 4. The van der Waals surface area contributed by atoms with E-state index in [4.69, 9.17) is 10.8 Å². The normalized spacial score (nSPS) is 16.8. The van der Waals surface area contributed by atoms with Crippen LogP contribution >= 0.6 is 0 Å². The topological polar surface area (TPSA) is 96.5 Å². The summed E-state index contributed by atoms with van der Waals surface area (Å²) >= 11 is 0. The highest BCUT2D eigenvalue weighted by Crippen LogP contribution is 2.24. The number of hydrogen-bond donors (Lipinski definition) is 2. The summed E-state index contributed by atoms with van der Waals surface area (Å²) in [7, 11) is 0. The summed E-state index contributed by atoms with van der Waals surface area (Å²) in [5.74, 6) is -1.18. The third-order valence-corrected chi connectivity index (χ3v) is 3.54. The number of aliphatic carboxylic acids is 1. The zero-order valence-electron chi connectivity index (χ0n) is 10.7. The molecule has 0 aromatic carbocycles. The second-order valence-corrected chi connectivity index (χ2v) is 4.95. The van der Waals surface area contributed by atoms with Crippen LogP contribution in [0.15, 0.2) is 18.3 Å². The van der Waals surface area contributed by atoms with Crippen LogP contribution in [0, 0.1) is 11.8 Å². The largest absolute Gasteiger partial charge is 0.481 e. The lowest BCUT2D eigenvalue weighted by Crippen LogP contribution is -2.53. The summed E-state index contributed by atoms with van der Waals surface area (Å²) in [6.45, 7) is 2.71. The number of pyridine rings is 1. The third kappa shape index (κ3) is 3.01. The fourth-order valence-corrected chi connectivity index (χ4v) is 2.04. The molecule has 0 radical (unpaired) electrons. The van der Waals surface area contributed by atoms with Gasteiger partial charge in [-0.2, -0.15) is 0 Å². The smallest absolute Gasteiger partial charge is 0.306 e. The average Bonchev–Trinajstić information content (AvgIpc) is 2.30. The van der Waals surface area contributed by atoms with Gasteiger partial charge >= 0.3 is 5.97 Å². The Morgan fingerprint density at radius 1 is 1.53 bits per heavy atom. The highest BCUT2D eigenvalue weighted by molar-refractivity contribution is 5.79. The molecule has 0 bridgehead atoms. The molecule has 1 aliphatic rings. The van der Waals surface area contributed by atoms with Gasteiger partial charge in [0.25, 0.3) is 0 Å². The van der Waals surface area contributed by atoms with E-state index in [0.717, 1.165) is 0 Å². The van der Waals surface area contributed by atoms with E-state index in [1.807, 2.05) is 0 Å². The lowest BCUT2D eigenvalue weighted by atomic mass is 9.87. The molecular weight excluding hydrogens is 246 g/mol. The van der Waals surface area contributed by atoms with Gasteiger partial charge < -0.3 is 15.7 Å². The van der Waals surface area contributed by atoms with Crippen molar-refractivity contribution in [3.63, 3.8) is 0 Å². The number of nitrogens with zero attached hydrogens (tertiary/aromatic N) is 2. The second kappa shape index (κ2) is 5.26.